The van der Waals surface area contributed by atoms with Crippen LogP contribution in [0.5, 0.6) is 0 Å². The van der Waals surface area contributed by atoms with Crippen molar-refractivity contribution in [3.63, 3.8) is 0 Å². The number of likely N-dealkylation sites (N-methyl/N-ethyl adjacent to an activating group) is 1. The number of hydrogen-bond donors (Lipinski definition) is 1. The number of carbonyl (C=O) groups is 2. The molecule has 1 atom stereocenters. The second-order valence-corrected chi connectivity index (χ2v) is 4.87. The Kier molecular flexibility index (Phi) is 6.12. The Morgan fingerprint density at radius 2 is 1.78 bits per heavy atom. The molecule has 1 rings (SSSR count). The van der Waals surface area contributed by atoms with Gasteiger partial charge in [-0.05, 0) is 33.2 Å². The Morgan fingerprint density at radius 3 is 2.39 bits per heavy atom. The molecule has 1 saturated heterocycles. The summed E-state index contributed by atoms with van der Waals surface area (Å²) in [6.45, 7) is 8.91. The SMILES string of the molecule is CCCNC(C)CCN1CC(=O)N(CC)CC1=O. The largest absolute Gasteiger partial charge is 0.332 e. The molecule has 0 aromatic carbocycles. The molecular formula is C13H25N3O2. The van der Waals surface area contributed by atoms with Gasteiger partial charge in [0.05, 0.1) is 13.1 Å². The maximum absolute atomic E-state index is 11.8. The molecule has 2 amide bonds. The Balaban J connectivity index is 2.34. The highest BCUT2D eigenvalue weighted by atomic mass is 16.2. The van der Waals surface area contributed by atoms with Crippen LogP contribution in [0, 0.1) is 0 Å². The van der Waals surface area contributed by atoms with Crippen LogP contribution in [-0.2, 0) is 9.59 Å². The van der Waals surface area contributed by atoms with Gasteiger partial charge < -0.3 is 15.1 Å². The molecule has 0 bridgehead atoms. The third-order valence-electron chi connectivity index (χ3n) is 3.31. The molecular weight excluding hydrogens is 230 g/mol. The summed E-state index contributed by atoms with van der Waals surface area (Å²) in [7, 11) is 0. The molecule has 1 aliphatic heterocycles. The maximum atomic E-state index is 11.8. The fourth-order valence-corrected chi connectivity index (χ4v) is 2.04. The average molecular weight is 255 g/mol. The lowest BCUT2D eigenvalue weighted by Gasteiger charge is -2.33. The smallest absolute Gasteiger partial charge is 0.242 e. The number of carbonyl (C=O) groups excluding carboxylic acids is 2. The van der Waals surface area contributed by atoms with Crippen LogP contribution in [0.1, 0.15) is 33.6 Å². The number of amides is 2. The summed E-state index contributed by atoms with van der Waals surface area (Å²) in [6, 6.07) is 0.386. The van der Waals surface area contributed by atoms with Gasteiger partial charge in [0.1, 0.15) is 0 Å². The van der Waals surface area contributed by atoms with Crippen LogP contribution >= 0.6 is 0 Å². The van der Waals surface area contributed by atoms with Crippen molar-refractivity contribution in [1.82, 2.24) is 15.1 Å². The Bertz CT molecular complexity index is 294. The summed E-state index contributed by atoms with van der Waals surface area (Å²) in [6.07, 6.45) is 2.00. The van der Waals surface area contributed by atoms with Crippen LogP contribution in [0.25, 0.3) is 0 Å². The maximum Gasteiger partial charge on any atom is 0.242 e. The topological polar surface area (TPSA) is 52.7 Å². The van der Waals surface area contributed by atoms with E-state index in [-0.39, 0.29) is 24.9 Å². The van der Waals surface area contributed by atoms with Gasteiger partial charge in [-0.2, -0.15) is 0 Å². The minimum absolute atomic E-state index is 0.0614. The van der Waals surface area contributed by atoms with Gasteiger partial charge in [0, 0.05) is 19.1 Å². The zero-order valence-corrected chi connectivity index (χ0v) is 11.7. The minimum Gasteiger partial charge on any atom is -0.332 e. The van der Waals surface area contributed by atoms with Gasteiger partial charge >= 0.3 is 0 Å². The normalized spacial score (nSPS) is 18.4. The molecule has 5 nitrogen and oxygen atoms in total. The molecule has 0 spiro atoms. The van der Waals surface area contributed by atoms with Crippen LogP contribution in [0.2, 0.25) is 0 Å². The Labute approximate surface area is 110 Å². The van der Waals surface area contributed by atoms with Crippen molar-refractivity contribution in [2.45, 2.75) is 39.7 Å². The zero-order valence-electron chi connectivity index (χ0n) is 11.7. The van der Waals surface area contributed by atoms with E-state index in [9.17, 15) is 9.59 Å². The molecule has 1 fully saturated rings. The van der Waals surface area contributed by atoms with Crippen LogP contribution in [0.4, 0.5) is 0 Å². The first-order valence-corrected chi connectivity index (χ1v) is 6.87. The van der Waals surface area contributed by atoms with Crippen LogP contribution in [0.15, 0.2) is 0 Å². The van der Waals surface area contributed by atoms with Crippen LogP contribution in [0.3, 0.4) is 0 Å². The van der Waals surface area contributed by atoms with E-state index in [0.717, 1.165) is 19.4 Å². The first-order chi connectivity index (χ1) is 8.58. The highest BCUT2D eigenvalue weighted by Crippen LogP contribution is 2.06. The molecule has 0 aromatic rings. The van der Waals surface area contributed by atoms with Crippen molar-refractivity contribution in [2.75, 3.05) is 32.7 Å². The predicted molar refractivity (Wildman–Crippen MR) is 71.2 cm³/mol. The Morgan fingerprint density at radius 1 is 1.17 bits per heavy atom. The molecule has 5 heteroatoms. The second-order valence-electron chi connectivity index (χ2n) is 4.87. The molecule has 0 aromatic heterocycles. The lowest BCUT2D eigenvalue weighted by atomic mass is 10.2. The summed E-state index contributed by atoms with van der Waals surface area (Å²) in [4.78, 5) is 26.8. The van der Waals surface area contributed by atoms with Crippen LogP contribution in [-0.4, -0.2) is 60.4 Å². The van der Waals surface area contributed by atoms with E-state index in [0.29, 0.717) is 19.1 Å². The number of piperazine rings is 1. The average Bonchev–Trinajstić information content (AvgIpc) is 2.36. The van der Waals surface area contributed by atoms with Gasteiger partial charge in [0.2, 0.25) is 11.8 Å². The first kappa shape index (κ1) is 15.0. The summed E-state index contributed by atoms with van der Waals surface area (Å²) >= 11 is 0. The standard InChI is InChI=1S/C13H25N3O2/c1-4-7-14-11(3)6-8-16-10-12(17)15(5-2)9-13(16)18/h11,14H,4-10H2,1-3H3. The number of rotatable bonds is 7. The van der Waals surface area contributed by atoms with Crippen molar-refractivity contribution in [1.29, 1.82) is 0 Å². The molecule has 18 heavy (non-hydrogen) atoms. The van der Waals surface area contributed by atoms with E-state index >= 15 is 0 Å². The summed E-state index contributed by atoms with van der Waals surface area (Å²) < 4.78 is 0. The van der Waals surface area contributed by atoms with Gasteiger partial charge in [-0.1, -0.05) is 6.92 Å². The molecule has 0 radical (unpaired) electrons. The summed E-state index contributed by atoms with van der Waals surface area (Å²) in [5, 5.41) is 3.38. The van der Waals surface area contributed by atoms with E-state index < -0.39 is 0 Å². The van der Waals surface area contributed by atoms with E-state index in [4.69, 9.17) is 0 Å². The molecule has 104 valence electrons. The van der Waals surface area contributed by atoms with E-state index in [1.165, 1.54) is 0 Å². The first-order valence-electron chi connectivity index (χ1n) is 6.87. The van der Waals surface area contributed by atoms with Gasteiger partial charge in [-0.25, -0.2) is 0 Å². The van der Waals surface area contributed by atoms with E-state index in [2.05, 4.69) is 19.2 Å². The quantitative estimate of drug-likeness (QED) is 0.719. The van der Waals surface area contributed by atoms with E-state index in [1.54, 1.807) is 9.80 Å². The fourth-order valence-electron chi connectivity index (χ4n) is 2.04. The fraction of sp³-hybridized carbons (Fsp3) is 0.846. The predicted octanol–water partition coefficient (Wildman–Crippen LogP) is 0.455. The number of nitrogens with one attached hydrogen (secondary N) is 1. The molecule has 0 aliphatic carbocycles. The van der Waals surface area contributed by atoms with Crippen molar-refractivity contribution >= 4 is 11.8 Å². The van der Waals surface area contributed by atoms with Crippen molar-refractivity contribution in [2.24, 2.45) is 0 Å². The number of nitrogens with zero attached hydrogens (tertiary/aromatic N) is 2. The monoisotopic (exact) mass is 255 g/mol. The molecule has 0 saturated carbocycles. The van der Waals surface area contributed by atoms with Crippen LogP contribution < -0.4 is 5.32 Å². The summed E-state index contributed by atoms with van der Waals surface area (Å²) in [5.41, 5.74) is 0. The highest BCUT2D eigenvalue weighted by molar-refractivity contribution is 5.92. The van der Waals surface area contributed by atoms with Gasteiger partial charge in [0.15, 0.2) is 0 Å². The third kappa shape index (κ3) is 4.29. The van der Waals surface area contributed by atoms with Crippen molar-refractivity contribution in [3.05, 3.63) is 0 Å². The summed E-state index contributed by atoms with van der Waals surface area (Å²) in [5.74, 6) is 0.130. The van der Waals surface area contributed by atoms with E-state index in [1.807, 2.05) is 6.92 Å². The van der Waals surface area contributed by atoms with Crippen molar-refractivity contribution in [3.8, 4) is 0 Å². The highest BCUT2D eigenvalue weighted by Gasteiger charge is 2.28. The number of hydrogen-bond acceptors (Lipinski definition) is 3. The molecule has 1 N–H and O–H groups in total. The Hall–Kier alpha value is -1.10. The lowest BCUT2D eigenvalue weighted by Crippen LogP contribution is -2.54. The minimum atomic E-state index is 0.0614. The van der Waals surface area contributed by atoms with Crippen molar-refractivity contribution < 1.29 is 9.59 Å². The molecule has 1 aliphatic rings. The third-order valence-corrected chi connectivity index (χ3v) is 3.31. The molecule has 1 unspecified atom stereocenters. The van der Waals surface area contributed by atoms with Gasteiger partial charge in [-0.3, -0.25) is 9.59 Å². The molecule has 1 heterocycles. The zero-order chi connectivity index (χ0) is 13.5. The second kappa shape index (κ2) is 7.36. The lowest BCUT2D eigenvalue weighted by molar-refractivity contribution is -0.149. The van der Waals surface area contributed by atoms with Gasteiger partial charge in [0.25, 0.3) is 0 Å². The van der Waals surface area contributed by atoms with Gasteiger partial charge in [-0.15, -0.1) is 0 Å².